The zero-order chi connectivity index (χ0) is 18.6. The Morgan fingerprint density at radius 1 is 1.04 bits per heavy atom. The van der Waals surface area contributed by atoms with Gasteiger partial charge in [-0.25, -0.2) is 0 Å². The van der Waals surface area contributed by atoms with E-state index in [1.54, 1.807) is 0 Å². The van der Waals surface area contributed by atoms with Crippen molar-refractivity contribution in [2.45, 2.75) is 106 Å². The van der Waals surface area contributed by atoms with Gasteiger partial charge in [0.2, 0.25) is 0 Å². The van der Waals surface area contributed by atoms with E-state index in [1.807, 2.05) is 0 Å². The van der Waals surface area contributed by atoms with Gasteiger partial charge in [0.15, 0.2) is 0 Å². The molecule has 25 heavy (non-hydrogen) atoms. The van der Waals surface area contributed by atoms with Gasteiger partial charge in [-0.05, 0) is 73.5 Å². The second-order valence-corrected chi connectivity index (χ2v) is 9.95. The van der Waals surface area contributed by atoms with Crippen molar-refractivity contribution in [3.05, 3.63) is 12.2 Å². The first-order valence-electron chi connectivity index (χ1n) is 11.6. The summed E-state index contributed by atoms with van der Waals surface area (Å²) in [6, 6.07) is 0. The fourth-order valence-corrected chi connectivity index (χ4v) is 6.82. The largest absolute Gasteiger partial charge is 0.0999 e. The number of hydrogen-bond acceptors (Lipinski definition) is 0. The fraction of sp³-hybridized carbons (Fsp3) is 0.920. The summed E-state index contributed by atoms with van der Waals surface area (Å²) < 4.78 is 0. The van der Waals surface area contributed by atoms with Crippen molar-refractivity contribution in [3.8, 4) is 0 Å². The minimum atomic E-state index is 0.736. The van der Waals surface area contributed by atoms with E-state index >= 15 is 0 Å². The number of hydrogen-bond donors (Lipinski definition) is 0. The van der Waals surface area contributed by atoms with E-state index in [4.69, 9.17) is 0 Å². The van der Waals surface area contributed by atoms with Crippen LogP contribution in [0.3, 0.4) is 0 Å². The lowest BCUT2D eigenvalue weighted by molar-refractivity contribution is 0.111. The molecule has 0 spiro atoms. The molecule has 3 aliphatic rings. The molecule has 2 bridgehead atoms. The number of allylic oxidation sites excluding steroid dienone is 1. The van der Waals surface area contributed by atoms with Crippen molar-refractivity contribution in [2.24, 2.45) is 40.9 Å². The normalized spacial score (nSPS) is 35.7. The standard InChI is InChI=1S/C17H30.C8H16/c1-6-12(7-2)17-13-9-15(11(4)5)16(10-13)14(17)8-3;1-3-8(2)6-4-5-7-8/h12-17H,4,6-10H2,1-3,5H3;3-7H2,1-2H3. The second kappa shape index (κ2) is 9.09. The van der Waals surface area contributed by atoms with Gasteiger partial charge < -0.3 is 0 Å². The van der Waals surface area contributed by atoms with Crippen LogP contribution in [-0.4, -0.2) is 0 Å². The summed E-state index contributed by atoms with van der Waals surface area (Å²) in [5.74, 6) is 5.89. The maximum atomic E-state index is 4.23. The summed E-state index contributed by atoms with van der Waals surface area (Å²) in [6.07, 6.45) is 14.4. The summed E-state index contributed by atoms with van der Waals surface area (Å²) in [5, 5.41) is 0. The van der Waals surface area contributed by atoms with Crippen molar-refractivity contribution < 1.29 is 0 Å². The van der Waals surface area contributed by atoms with E-state index in [9.17, 15) is 0 Å². The molecule has 0 heterocycles. The predicted molar refractivity (Wildman–Crippen MR) is 113 cm³/mol. The van der Waals surface area contributed by atoms with Crippen LogP contribution in [0.5, 0.6) is 0 Å². The van der Waals surface area contributed by atoms with Crippen molar-refractivity contribution >= 4 is 0 Å². The Bertz CT molecular complexity index is 410. The molecule has 3 aliphatic carbocycles. The van der Waals surface area contributed by atoms with Crippen LogP contribution in [0.1, 0.15) is 106 Å². The van der Waals surface area contributed by atoms with Crippen molar-refractivity contribution in [1.82, 2.24) is 0 Å². The van der Waals surface area contributed by atoms with Crippen LogP contribution in [0.15, 0.2) is 12.2 Å². The maximum Gasteiger partial charge on any atom is -0.0175 e. The summed E-state index contributed by atoms with van der Waals surface area (Å²) in [5.41, 5.74) is 2.19. The maximum absolute atomic E-state index is 4.23. The van der Waals surface area contributed by atoms with Crippen molar-refractivity contribution in [2.75, 3.05) is 0 Å². The molecule has 5 atom stereocenters. The second-order valence-electron chi connectivity index (χ2n) is 9.95. The number of fused-ring (bicyclic) bond motifs is 2. The van der Waals surface area contributed by atoms with Gasteiger partial charge in [0, 0.05) is 0 Å². The van der Waals surface area contributed by atoms with E-state index in [0.717, 1.165) is 40.9 Å². The first-order valence-corrected chi connectivity index (χ1v) is 11.6. The zero-order valence-electron chi connectivity index (χ0n) is 18.2. The molecule has 0 aromatic rings. The SMILES string of the molecule is C=C(C)C1CC2CC1C(CC)C2C(CC)CC.CCC1(C)CCCC1. The third-order valence-corrected chi connectivity index (χ3v) is 8.60. The lowest BCUT2D eigenvalue weighted by Crippen LogP contribution is -2.32. The average molecular weight is 347 g/mol. The molecule has 0 radical (unpaired) electrons. The first kappa shape index (κ1) is 21.0. The molecule has 3 rings (SSSR count). The van der Waals surface area contributed by atoms with Gasteiger partial charge in [-0.3, -0.25) is 0 Å². The topological polar surface area (TPSA) is 0 Å². The van der Waals surface area contributed by atoms with Crippen LogP contribution in [0, 0.1) is 40.9 Å². The van der Waals surface area contributed by atoms with E-state index in [0.29, 0.717) is 0 Å². The highest BCUT2D eigenvalue weighted by atomic mass is 14.6. The highest BCUT2D eigenvalue weighted by Gasteiger charge is 2.53. The van der Waals surface area contributed by atoms with Crippen molar-refractivity contribution in [1.29, 1.82) is 0 Å². The minimum absolute atomic E-state index is 0.736. The average Bonchev–Trinajstić information content (AvgIpc) is 3.31. The Balaban J connectivity index is 0.000000236. The molecule has 0 N–H and O–H groups in total. The lowest BCUT2D eigenvalue weighted by Gasteiger charge is -2.39. The molecule has 0 amide bonds. The Kier molecular flexibility index (Phi) is 7.66. The van der Waals surface area contributed by atoms with Crippen LogP contribution < -0.4 is 0 Å². The Morgan fingerprint density at radius 2 is 1.64 bits per heavy atom. The van der Waals surface area contributed by atoms with Gasteiger partial charge in [-0.2, -0.15) is 0 Å². The van der Waals surface area contributed by atoms with E-state index in [1.165, 1.54) is 69.8 Å². The van der Waals surface area contributed by atoms with Gasteiger partial charge in [0.25, 0.3) is 0 Å². The van der Waals surface area contributed by atoms with Crippen molar-refractivity contribution in [3.63, 3.8) is 0 Å². The van der Waals surface area contributed by atoms with Crippen LogP contribution in [0.2, 0.25) is 0 Å². The third-order valence-electron chi connectivity index (χ3n) is 8.60. The highest BCUT2D eigenvalue weighted by molar-refractivity contribution is 5.11. The zero-order valence-corrected chi connectivity index (χ0v) is 18.2. The van der Waals surface area contributed by atoms with Gasteiger partial charge in [0.1, 0.15) is 0 Å². The molecule has 0 saturated heterocycles. The van der Waals surface area contributed by atoms with Gasteiger partial charge >= 0.3 is 0 Å². The van der Waals surface area contributed by atoms with Crippen LogP contribution in [0.4, 0.5) is 0 Å². The van der Waals surface area contributed by atoms with Gasteiger partial charge in [-0.15, -0.1) is 0 Å². The van der Waals surface area contributed by atoms with Crippen LogP contribution in [-0.2, 0) is 0 Å². The molecular weight excluding hydrogens is 300 g/mol. The quantitative estimate of drug-likeness (QED) is 0.424. The van der Waals surface area contributed by atoms with Crippen LogP contribution >= 0.6 is 0 Å². The summed E-state index contributed by atoms with van der Waals surface area (Å²) >= 11 is 0. The summed E-state index contributed by atoms with van der Waals surface area (Å²) in [6.45, 7) is 18.4. The number of rotatable bonds is 6. The Morgan fingerprint density at radius 3 is 2.04 bits per heavy atom. The molecule has 0 aliphatic heterocycles. The van der Waals surface area contributed by atoms with E-state index in [-0.39, 0.29) is 0 Å². The molecular formula is C25H46. The summed E-state index contributed by atoms with van der Waals surface area (Å²) in [4.78, 5) is 0. The molecule has 3 fully saturated rings. The molecule has 3 saturated carbocycles. The Hall–Kier alpha value is -0.260. The van der Waals surface area contributed by atoms with Crippen LogP contribution in [0.25, 0.3) is 0 Å². The smallest absolute Gasteiger partial charge is 0.0175 e. The monoisotopic (exact) mass is 346 g/mol. The Labute approximate surface area is 159 Å². The first-order chi connectivity index (χ1) is 11.9. The van der Waals surface area contributed by atoms with Gasteiger partial charge in [-0.1, -0.05) is 85.3 Å². The van der Waals surface area contributed by atoms with E-state index in [2.05, 4.69) is 48.1 Å². The van der Waals surface area contributed by atoms with E-state index < -0.39 is 0 Å². The molecule has 0 heteroatoms. The molecule has 0 aromatic carbocycles. The molecule has 146 valence electrons. The van der Waals surface area contributed by atoms with Gasteiger partial charge in [0.05, 0.1) is 0 Å². The highest BCUT2D eigenvalue weighted by Crippen LogP contribution is 2.60. The summed E-state index contributed by atoms with van der Waals surface area (Å²) in [7, 11) is 0. The lowest BCUT2D eigenvalue weighted by atomic mass is 9.65. The molecule has 0 aromatic heterocycles. The molecule has 0 nitrogen and oxygen atoms in total. The third kappa shape index (κ3) is 4.54. The predicted octanol–water partition coefficient (Wildman–Crippen LogP) is 8.27. The molecule has 5 unspecified atom stereocenters. The fourth-order valence-electron chi connectivity index (χ4n) is 6.82. The minimum Gasteiger partial charge on any atom is -0.0999 e.